The molecule has 4 rings (SSSR count). The summed E-state index contributed by atoms with van der Waals surface area (Å²) in [6, 6.07) is 8.05. The second-order valence-corrected chi connectivity index (χ2v) is 8.35. The van der Waals surface area contributed by atoms with Crippen molar-refractivity contribution < 1.29 is 0 Å². The third kappa shape index (κ3) is 2.86. The molecule has 0 atom stereocenters. The summed E-state index contributed by atoms with van der Waals surface area (Å²) >= 11 is 3.32. The Labute approximate surface area is 156 Å². The first-order valence-corrected chi connectivity index (χ1v) is 9.95. The maximum atomic E-state index is 12.6. The number of thioether (sulfide) groups is 1. The van der Waals surface area contributed by atoms with Gasteiger partial charge in [0.1, 0.15) is 0 Å². The first-order chi connectivity index (χ1) is 12.6. The minimum absolute atomic E-state index is 0.284. The third-order valence-electron chi connectivity index (χ3n) is 4.23. The van der Waals surface area contributed by atoms with Crippen molar-refractivity contribution in [2.24, 2.45) is 14.1 Å². The minimum atomic E-state index is -0.328. The minimum Gasteiger partial charge on any atom is -0.328 e. The number of para-hydroxylation sites is 1. The Hall–Kier alpha value is -2.39. The summed E-state index contributed by atoms with van der Waals surface area (Å²) < 4.78 is 6.55. The Balaban J connectivity index is 1.50. The highest BCUT2D eigenvalue weighted by molar-refractivity contribution is 8.01. The van der Waals surface area contributed by atoms with E-state index >= 15 is 0 Å². The molecule has 0 saturated heterocycles. The summed E-state index contributed by atoms with van der Waals surface area (Å²) in [5.41, 5.74) is 1.26. The van der Waals surface area contributed by atoms with Crippen molar-refractivity contribution in [1.29, 1.82) is 0 Å². The zero-order chi connectivity index (χ0) is 18.3. The number of rotatable bonds is 5. The van der Waals surface area contributed by atoms with Gasteiger partial charge in [0, 0.05) is 26.4 Å². The van der Waals surface area contributed by atoms with Gasteiger partial charge < -0.3 is 4.57 Å². The molecule has 0 unspecified atom stereocenters. The van der Waals surface area contributed by atoms with Crippen LogP contribution in [0.15, 0.2) is 44.5 Å². The molecule has 0 radical (unpaired) electrons. The van der Waals surface area contributed by atoms with Gasteiger partial charge in [0.05, 0.1) is 16.5 Å². The van der Waals surface area contributed by atoms with Gasteiger partial charge in [-0.1, -0.05) is 23.9 Å². The summed E-state index contributed by atoms with van der Waals surface area (Å²) in [6.07, 6.45) is 2.26. The van der Waals surface area contributed by atoms with E-state index in [1.807, 2.05) is 18.2 Å². The molecular weight excluding hydrogens is 370 g/mol. The number of fused-ring (bicyclic) bond motifs is 2. The third-order valence-corrected chi connectivity index (χ3v) is 6.49. The van der Waals surface area contributed by atoms with Crippen molar-refractivity contribution >= 4 is 44.5 Å². The Morgan fingerprint density at radius 3 is 2.81 bits per heavy atom. The fourth-order valence-electron chi connectivity index (χ4n) is 2.89. The maximum absolute atomic E-state index is 12.6. The topological polar surface area (TPSA) is 74.7 Å². The lowest BCUT2D eigenvalue weighted by Gasteiger charge is -2.08. The Morgan fingerprint density at radius 1 is 1.19 bits per heavy atom. The zero-order valence-corrected chi connectivity index (χ0v) is 16.0. The predicted molar refractivity (Wildman–Crippen MR) is 105 cm³/mol. The molecule has 134 valence electrons. The number of benzene rings is 1. The Morgan fingerprint density at radius 2 is 2.00 bits per heavy atom. The summed E-state index contributed by atoms with van der Waals surface area (Å²) in [5, 5.41) is 0. The van der Waals surface area contributed by atoms with Gasteiger partial charge in [-0.3, -0.25) is 13.9 Å². The molecule has 0 aliphatic carbocycles. The Kier molecular flexibility index (Phi) is 4.41. The van der Waals surface area contributed by atoms with Crippen LogP contribution in [0.1, 0.15) is 6.42 Å². The first-order valence-electron chi connectivity index (χ1n) is 8.15. The molecule has 1 aromatic carbocycles. The number of hydrogen-bond acceptors (Lipinski definition) is 6. The normalized spacial score (nSPS) is 11.6. The zero-order valence-electron chi connectivity index (χ0n) is 14.4. The van der Waals surface area contributed by atoms with Gasteiger partial charge in [-0.2, -0.15) is 0 Å². The molecule has 0 aliphatic rings. The first kappa shape index (κ1) is 17.0. The molecule has 3 aromatic heterocycles. The monoisotopic (exact) mass is 387 g/mol. The lowest BCUT2D eigenvalue weighted by Crippen LogP contribution is -2.39. The highest BCUT2D eigenvalue weighted by Crippen LogP contribution is 2.29. The standard InChI is InChI=1S/C17H17N5O2S2/c1-20-10-18-14-13(20)15(23)22(17(24)21(14)2)8-5-9-25-16-19-11-6-3-4-7-12(11)26-16/h3-4,6-7,10H,5,8-9H2,1-2H3. The smallest absolute Gasteiger partial charge is 0.328 e. The van der Waals surface area contributed by atoms with Gasteiger partial charge in [0.25, 0.3) is 5.56 Å². The molecular formula is C17H17N5O2S2. The quantitative estimate of drug-likeness (QED) is 0.388. The van der Waals surface area contributed by atoms with Crippen molar-refractivity contribution in [3.05, 3.63) is 51.4 Å². The number of thiazole rings is 1. The molecule has 26 heavy (non-hydrogen) atoms. The average Bonchev–Trinajstić information content (AvgIpc) is 3.22. The number of nitrogens with zero attached hydrogens (tertiary/aromatic N) is 5. The fourth-order valence-corrected chi connectivity index (χ4v) is 4.95. The summed E-state index contributed by atoms with van der Waals surface area (Å²) in [7, 11) is 3.40. The largest absolute Gasteiger partial charge is 0.332 e. The van der Waals surface area contributed by atoms with E-state index in [4.69, 9.17) is 0 Å². The Bertz CT molecular complexity index is 1180. The number of aromatic nitrogens is 5. The summed E-state index contributed by atoms with van der Waals surface area (Å²) in [6.45, 7) is 0.379. The van der Waals surface area contributed by atoms with Gasteiger partial charge >= 0.3 is 5.69 Å². The number of imidazole rings is 1. The van der Waals surface area contributed by atoms with Gasteiger partial charge in [0.15, 0.2) is 15.5 Å². The summed E-state index contributed by atoms with van der Waals surface area (Å²) in [4.78, 5) is 33.8. The van der Waals surface area contributed by atoms with E-state index in [1.165, 1.54) is 13.8 Å². The van der Waals surface area contributed by atoms with Gasteiger partial charge in [-0.15, -0.1) is 11.3 Å². The van der Waals surface area contributed by atoms with Crippen LogP contribution in [-0.2, 0) is 20.6 Å². The van der Waals surface area contributed by atoms with Crippen LogP contribution < -0.4 is 11.2 Å². The van der Waals surface area contributed by atoms with E-state index in [0.717, 1.165) is 15.6 Å². The van der Waals surface area contributed by atoms with Crippen LogP contribution in [0.5, 0.6) is 0 Å². The van der Waals surface area contributed by atoms with Crippen molar-refractivity contribution in [1.82, 2.24) is 23.7 Å². The van der Waals surface area contributed by atoms with Crippen molar-refractivity contribution in [2.45, 2.75) is 17.3 Å². The van der Waals surface area contributed by atoms with Crippen molar-refractivity contribution in [3.63, 3.8) is 0 Å². The van der Waals surface area contributed by atoms with Crippen LogP contribution in [0.4, 0.5) is 0 Å². The van der Waals surface area contributed by atoms with Crippen LogP contribution in [0.3, 0.4) is 0 Å². The van der Waals surface area contributed by atoms with Gasteiger partial charge in [0.2, 0.25) is 0 Å². The van der Waals surface area contributed by atoms with Crippen LogP contribution in [0.25, 0.3) is 21.4 Å². The van der Waals surface area contributed by atoms with E-state index in [0.29, 0.717) is 24.1 Å². The number of hydrogen-bond donors (Lipinski definition) is 0. The predicted octanol–water partition coefficient (Wildman–Crippen LogP) is 2.23. The molecule has 0 N–H and O–H groups in total. The van der Waals surface area contributed by atoms with E-state index in [-0.39, 0.29) is 11.2 Å². The van der Waals surface area contributed by atoms with Crippen LogP contribution in [-0.4, -0.2) is 29.4 Å². The van der Waals surface area contributed by atoms with Crippen LogP contribution in [0, 0.1) is 0 Å². The fraction of sp³-hybridized carbons (Fsp3) is 0.294. The lowest BCUT2D eigenvalue weighted by molar-refractivity contribution is 0.594. The molecule has 0 amide bonds. The summed E-state index contributed by atoms with van der Waals surface area (Å²) in [5.74, 6) is 0.791. The van der Waals surface area contributed by atoms with E-state index in [9.17, 15) is 9.59 Å². The number of aryl methyl sites for hydroxylation is 2. The average molecular weight is 387 g/mol. The molecule has 0 fully saturated rings. The molecule has 0 aliphatic heterocycles. The molecule has 9 heteroatoms. The molecule has 0 saturated carbocycles. The van der Waals surface area contributed by atoms with E-state index in [1.54, 1.807) is 48.1 Å². The maximum Gasteiger partial charge on any atom is 0.332 e. The van der Waals surface area contributed by atoms with Crippen LogP contribution >= 0.6 is 23.1 Å². The molecule has 4 aromatic rings. The lowest BCUT2D eigenvalue weighted by atomic mass is 10.3. The highest BCUT2D eigenvalue weighted by Gasteiger charge is 2.14. The molecule has 7 nitrogen and oxygen atoms in total. The van der Waals surface area contributed by atoms with Gasteiger partial charge in [-0.05, 0) is 18.6 Å². The van der Waals surface area contributed by atoms with Crippen LogP contribution in [0.2, 0.25) is 0 Å². The SMILES string of the molecule is Cn1cnc2c1c(=O)n(CCCSc1nc3ccccc3s1)c(=O)n2C. The van der Waals surface area contributed by atoms with Gasteiger partial charge in [-0.25, -0.2) is 14.8 Å². The highest BCUT2D eigenvalue weighted by atomic mass is 32.2. The second-order valence-electron chi connectivity index (χ2n) is 5.98. The van der Waals surface area contributed by atoms with E-state index in [2.05, 4.69) is 16.0 Å². The molecule has 3 heterocycles. The van der Waals surface area contributed by atoms with Crippen molar-refractivity contribution in [2.75, 3.05) is 5.75 Å². The molecule has 0 bridgehead atoms. The van der Waals surface area contributed by atoms with Crippen molar-refractivity contribution in [3.8, 4) is 0 Å². The second kappa shape index (κ2) is 6.73. The molecule has 0 spiro atoms. The van der Waals surface area contributed by atoms with E-state index < -0.39 is 0 Å².